The summed E-state index contributed by atoms with van der Waals surface area (Å²) >= 11 is 0. The first-order valence-corrected chi connectivity index (χ1v) is 9.21. The first kappa shape index (κ1) is 20.5. The number of phenolic OH excluding ortho intramolecular Hbond substituents is 1. The highest BCUT2D eigenvalue weighted by atomic mass is 127. The Morgan fingerprint density at radius 1 is 1.00 bits per heavy atom. The summed E-state index contributed by atoms with van der Waals surface area (Å²) in [4.78, 5) is 1.23. The quantitative estimate of drug-likeness (QED) is 0.492. The lowest BCUT2D eigenvalue weighted by Crippen LogP contribution is -2.19. The Kier molecular flexibility index (Phi) is 6.01. The molecule has 0 aliphatic carbocycles. The molecule has 0 saturated carbocycles. The van der Waals surface area contributed by atoms with Crippen molar-refractivity contribution in [2.45, 2.75) is 52.4 Å². The van der Waals surface area contributed by atoms with Gasteiger partial charge in [-0.3, -0.25) is 0 Å². The zero-order valence-corrected chi connectivity index (χ0v) is 18.5. The monoisotopic (exact) mass is 448 g/mol. The summed E-state index contributed by atoms with van der Waals surface area (Å²) in [7, 11) is 1.97. The van der Waals surface area contributed by atoms with Crippen molar-refractivity contribution in [3.63, 3.8) is 0 Å². The fraction of sp³-hybridized carbons (Fsp3) is 0.556. The molecule has 23 heavy (non-hydrogen) atoms. The van der Waals surface area contributed by atoms with Gasteiger partial charge in [-0.25, -0.2) is 4.41 Å². The Morgan fingerprint density at radius 3 is 1.74 bits per heavy atom. The highest BCUT2D eigenvalue weighted by Crippen LogP contribution is 2.40. The van der Waals surface area contributed by atoms with Gasteiger partial charge in [-0.1, -0.05) is 52.2 Å². The van der Waals surface area contributed by atoms with Crippen LogP contribution in [0.2, 0.25) is 0 Å². The van der Waals surface area contributed by atoms with Crippen molar-refractivity contribution in [2.75, 3.05) is 13.3 Å². The number of aromatic hydroxyl groups is 1. The molecule has 1 aliphatic heterocycles. The second kappa shape index (κ2) is 6.75. The summed E-state index contributed by atoms with van der Waals surface area (Å²) < 4.78 is 2.00. The topological polar surface area (TPSA) is 35.8 Å². The number of hydrazone groups is 1. The van der Waals surface area contributed by atoms with Gasteiger partial charge in [-0.2, -0.15) is 5.10 Å². The van der Waals surface area contributed by atoms with Crippen molar-refractivity contribution in [2.24, 2.45) is 5.10 Å². The van der Waals surface area contributed by atoms with E-state index in [0.717, 1.165) is 11.1 Å². The van der Waals surface area contributed by atoms with E-state index in [2.05, 4.69) is 65.0 Å². The van der Waals surface area contributed by atoms with Gasteiger partial charge < -0.3 is 5.11 Å². The molecule has 1 aliphatic rings. The normalized spacial score (nSPS) is 18.3. The van der Waals surface area contributed by atoms with Crippen molar-refractivity contribution in [1.29, 1.82) is 0 Å². The maximum Gasteiger partial charge on any atom is 0.123 e. The Balaban J connectivity index is 0.00000264. The van der Waals surface area contributed by atoms with Gasteiger partial charge in [0.25, 0.3) is 0 Å². The summed E-state index contributed by atoms with van der Waals surface area (Å²) in [6.07, 6.45) is 4.14. The molecular weight excluding hydrogens is 419 g/mol. The maximum absolute atomic E-state index is 10.8. The minimum atomic E-state index is -0.103. The van der Waals surface area contributed by atoms with Crippen LogP contribution in [0, 0.1) is 0 Å². The first-order chi connectivity index (χ1) is 9.93. The molecule has 1 aromatic carbocycles. The minimum absolute atomic E-state index is 0. The van der Waals surface area contributed by atoms with E-state index in [0.29, 0.717) is 5.75 Å². The summed E-state index contributed by atoms with van der Waals surface area (Å²) in [5, 5.41) is 15.2. The smallest absolute Gasteiger partial charge is 0.123 e. The third-order valence-corrected chi connectivity index (χ3v) is 5.93. The molecule has 2 rings (SSSR count). The van der Waals surface area contributed by atoms with E-state index in [9.17, 15) is 5.11 Å². The predicted molar refractivity (Wildman–Crippen MR) is 115 cm³/mol. The number of hydrogen-bond donors (Lipinski definition) is 1. The van der Waals surface area contributed by atoms with Crippen LogP contribution in [0.15, 0.2) is 17.2 Å². The fourth-order valence-electron chi connectivity index (χ4n) is 2.59. The number of hydrogen-bond acceptors (Lipinski definition) is 3. The van der Waals surface area contributed by atoms with E-state index < -0.39 is 0 Å². The fourth-order valence-corrected chi connectivity index (χ4v) is 3.72. The van der Waals surface area contributed by atoms with Crippen LogP contribution in [-0.4, -0.2) is 33.9 Å². The lowest BCUT2D eigenvalue weighted by molar-refractivity contribution is 0.423. The molecule has 1 N–H and O–H groups in total. The second-order valence-electron chi connectivity index (χ2n) is 7.97. The van der Waals surface area contributed by atoms with Crippen LogP contribution in [0.3, 0.4) is 0 Å². The molecule has 0 fully saturated rings. The summed E-state index contributed by atoms with van der Waals surface area (Å²) in [5.74, 6) is 0.434. The van der Waals surface area contributed by atoms with Crippen LogP contribution < -0.4 is 0 Å². The Labute approximate surface area is 160 Å². The van der Waals surface area contributed by atoms with Gasteiger partial charge in [0.2, 0.25) is 0 Å². The van der Waals surface area contributed by atoms with Gasteiger partial charge in [-0.15, -0.1) is 24.0 Å². The summed E-state index contributed by atoms with van der Waals surface area (Å²) in [6, 6.07) is 4.27. The lowest BCUT2D eigenvalue weighted by atomic mass is 9.78. The zero-order chi connectivity index (χ0) is 16.9. The largest absolute Gasteiger partial charge is 0.507 e. The van der Waals surface area contributed by atoms with Crippen LogP contribution in [0.1, 0.15) is 58.2 Å². The molecule has 3 nitrogen and oxygen atoms in total. The van der Waals surface area contributed by atoms with Gasteiger partial charge in [0, 0.05) is 23.0 Å². The average molecular weight is 448 g/mol. The van der Waals surface area contributed by atoms with Crippen molar-refractivity contribution in [1.82, 2.24) is 4.41 Å². The highest BCUT2D eigenvalue weighted by Gasteiger charge is 2.27. The van der Waals surface area contributed by atoms with Crippen LogP contribution in [0.25, 0.3) is 0 Å². The summed E-state index contributed by atoms with van der Waals surface area (Å²) in [6.45, 7) is 12.9. The van der Waals surface area contributed by atoms with Crippen molar-refractivity contribution in [3.8, 4) is 5.75 Å². The Hall–Kier alpha value is -0.560. The van der Waals surface area contributed by atoms with Crippen LogP contribution in [0.4, 0.5) is 0 Å². The van der Waals surface area contributed by atoms with E-state index in [1.807, 2.05) is 17.7 Å². The molecular formula is C18H29IN2OS. The molecule has 0 aromatic heterocycles. The molecule has 5 heteroatoms. The third kappa shape index (κ3) is 4.10. The number of phenols is 1. The van der Waals surface area contributed by atoms with Crippen molar-refractivity contribution >= 4 is 45.7 Å². The average Bonchev–Trinajstić information content (AvgIpc) is 2.68. The number of halogens is 1. The molecule has 0 radical (unpaired) electrons. The van der Waals surface area contributed by atoms with E-state index in [-0.39, 0.29) is 45.5 Å². The lowest BCUT2D eigenvalue weighted by Gasteiger charge is -2.28. The van der Waals surface area contributed by atoms with Crippen LogP contribution >= 0.6 is 34.6 Å². The van der Waals surface area contributed by atoms with Gasteiger partial charge in [0.1, 0.15) is 5.75 Å². The Morgan fingerprint density at radius 2 is 1.43 bits per heavy atom. The molecule has 1 atom stereocenters. The summed E-state index contributed by atoms with van der Waals surface area (Å²) in [5.41, 5.74) is 2.97. The number of benzene rings is 1. The van der Waals surface area contributed by atoms with Crippen LogP contribution in [-0.2, 0) is 10.8 Å². The van der Waals surface area contributed by atoms with Gasteiger partial charge in [0.05, 0.1) is 6.21 Å². The van der Waals surface area contributed by atoms with Crippen molar-refractivity contribution in [3.05, 3.63) is 28.8 Å². The molecule has 130 valence electrons. The number of nitrogens with zero attached hydrogens (tertiary/aromatic N) is 2. The van der Waals surface area contributed by atoms with Gasteiger partial charge in [-0.05, 0) is 34.8 Å². The number of rotatable bonds is 1. The van der Waals surface area contributed by atoms with E-state index >= 15 is 0 Å². The van der Waals surface area contributed by atoms with E-state index in [1.54, 1.807) is 0 Å². The van der Waals surface area contributed by atoms with Crippen molar-refractivity contribution < 1.29 is 5.11 Å². The predicted octanol–water partition coefficient (Wildman–Crippen LogP) is 4.87. The molecule has 1 heterocycles. The molecule has 0 bridgehead atoms. The highest BCUT2D eigenvalue weighted by molar-refractivity contribution is 14.0. The molecule has 1 unspecified atom stereocenters. The third-order valence-electron chi connectivity index (χ3n) is 4.06. The van der Waals surface area contributed by atoms with Crippen LogP contribution in [0.5, 0.6) is 5.75 Å². The van der Waals surface area contributed by atoms with Gasteiger partial charge >= 0.3 is 0 Å². The SMILES string of the molecule is CN1N=CC(c2cc(C(C)(C)C)c(O)c(C(C)(C)C)c2)=S1C.I. The standard InChI is InChI=1S/C18H28N2OS.HI/c1-17(2,3)13-9-12(15-11-19-20(7)22(15)8)10-14(16(13)21)18(4,5)6;/h9-11,21H,1-8H3;1H. The maximum atomic E-state index is 10.8. The zero-order valence-electron chi connectivity index (χ0n) is 15.4. The van der Waals surface area contributed by atoms with E-state index in [1.165, 1.54) is 10.4 Å². The van der Waals surface area contributed by atoms with Gasteiger partial charge in [0.15, 0.2) is 0 Å². The molecule has 0 spiro atoms. The molecule has 0 saturated heterocycles. The molecule has 1 aromatic rings. The second-order valence-corrected chi connectivity index (χ2v) is 9.90. The minimum Gasteiger partial charge on any atom is -0.507 e. The van der Waals surface area contributed by atoms with E-state index in [4.69, 9.17) is 0 Å². The Bertz CT molecular complexity index is 632. The molecule has 0 amide bonds. The first-order valence-electron chi connectivity index (χ1n) is 7.62.